The summed E-state index contributed by atoms with van der Waals surface area (Å²) in [6.07, 6.45) is -0.0472. The summed E-state index contributed by atoms with van der Waals surface area (Å²) < 4.78 is 0. The lowest BCUT2D eigenvalue weighted by Crippen LogP contribution is -2.30. The van der Waals surface area contributed by atoms with Crippen LogP contribution in [0.3, 0.4) is 0 Å². The van der Waals surface area contributed by atoms with Crippen molar-refractivity contribution in [1.29, 1.82) is 0 Å². The van der Waals surface area contributed by atoms with Gasteiger partial charge >= 0.3 is 0 Å². The fraction of sp³-hybridized carbons (Fsp3) is 0.385. The first-order chi connectivity index (χ1) is 7.91. The molecule has 0 spiro atoms. The molecule has 1 amide bonds. The predicted molar refractivity (Wildman–Crippen MR) is 67.9 cm³/mol. The second-order valence-corrected chi connectivity index (χ2v) is 4.55. The van der Waals surface area contributed by atoms with E-state index in [1.54, 1.807) is 24.1 Å². The Bertz CT molecular complexity index is 414. The van der Waals surface area contributed by atoms with Crippen LogP contribution in [-0.2, 0) is 9.59 Å². The molecular weight excluding hydrogens is 238 g/mol. The fourth-order valence-corrected chi connectivity index (χ4v) is 1.64. The second-order valence-electron chi connectivity index (χ2n) is 4.11. The number of carbonyl (C=O) groups excluding carboxylic acids is 2. The highest BCUT2D eigenvalue weighted by Gasteiger charge is 2.18. The number of hydrogen-bond acceptors (Lipinski definition) is 2. The number of ketones is 1. The Morgan fingerprint density at radius 2 is 1.82 bits per heavy atom. The van der Waals surface area contributed by atoms with Gasteiger partial charge < -0.3 is 4.90 Å². The van der Waals surface area contributed by atoms with E-state index in [9.17, 15) is 9.59 Å². The normalized spacial score (nSPS) is 12.0. The highest BCUT2D eigenvalue weighted by molar-refractivity contribution is 6.30. The van der Waals surface area contributed by atoms with Gasteiger partial charge in [0, 0.05) is 12.1 Å². The molecule has 3 nitrogen and oxygen atoms in total. The lowest BCUT2D eigenvalue weighted by Gasteiger charge is -2.25. The lowest BCUT2D eigenvalue weighted by atomic mass is 10.1. The maximum atomic E-state index is 11.7. The minimum Gasteiger partial charge on any atom is -0.339 e. The Morgan fingerprint density at radius 1 is 1.29 bits per heavy atom. The van der Waals surface area contributed by atoms with Crippen LogP contribution in [0.4, 0.5) is 0 Å². The van der Waals surface area contributed by atoms with Gasteiger partial charge in [0.1, 0.15) is 5.78 Å². The van der Waals surface area contributed by atoms with E-state index < -0.39 is 0 Å². The second kappa shape index (κ2) is 5.82. The number of Topliss-reactive ketones (excluding diaryl/α,β-unsaturated/α-hetero) is 1. The summed E-state index contributed by atoms with van der Waals surface area (Å²) in [6.45, 7) is 3.33. The zero-order valence-electron chi connectivity index (χ0n) is 10.2. The Morgan fingerprint density at radius 3 is 2.29 bits per heavy atom. The van der Waals surface area contributed by atoms with Crippen molar-refractivity contribution in [2.75, 3.05) is 7.05 Å². The first kappa shape index (κ1) is 13.7. The Hall–Kier alpha value is -1.35. The summed E-state index contributed by atoms with van der Waals surface area (Å²) in [4.78, 5) is 24.2. The largest absolute Gasteiger partial charge is 0.339 e. The molecule has 1 atom stereocenters. The molecule has 4 heteroatoms. The van der Waals surface area contributed by atoms with Crippen molar-refractivity contribution < 1.29 is 9.59 Å². The molecule has 0 N–H and O–H groups in total. The quantitative estimate of drug-likeness (QED) is 0.774. The van der Waals surface area contributed by atoms with Crippen LogP contribution in [-0.4, -0.2) is 23.6 Å². The van der Waals surface area contributed by atoms with E-state index in [1.807, 2.05) is 19.1 Å². The first-order valence-corrected chi connectivity index (χ1v) is 5.80. The molecule has 1 aromatic carbocycles. The molecule has 92 valence electrons. The fourth-order valence-electron chi connectivity index (χ4n) is 1.52. The standard InChI is InChI=1S/C13H16ClNO2/c1-9(16)8-13(17)15(3)10(2)11-4-6-12(14)7-5-11/h4-7,10H,8H2,1-3H3. The Labute approximate surface area is 106 Å². The zero-order valence-corrected chi connectivity index (χ0v) is 11.0. The third-order valence-corrected chi connectivity index (χ3v) is 2.98. The molecule has 0 aliphatic carbocycles. The Balaban J connectivity index is 2.75. The van der Waals surface area contributed by atoms with E-state index in [0.29, 0.717) is 5.02 Å². The number of hydrogen-bond donors (Lipinski definition) is 0. The maximum Gasteiger partial charge on any atom is 0.230 e. The molecule has 1 rings (SSSR count). The van der Waals surface area contributed by atoms with Crippen molar-refractivity contribution in [3.63, 3.8) is 0 Å². The molecule has 1 aromatic rings. The van der Waals surface area contributed by atoms with Gasteiger partial charge in [-0.1, -0.05) is 23.7 Å². The van der Waals surface area contributed by atoms with Gasteiger partial charge in [-0.25, -0.2) is 0 Å². The topological polar surface area (TPSA) is 37.4 Å². The van der Waals surface area contributed by atoms with Gasteiger partial charge in [0.25, 0.3) is 0 Å². The molecule has 0 bridgehead atoms. The van der Waals surface area contributed by atoms with E-state index in [-0.39, 0.29) is 24.2 Å². The van der Waals surface area contributed by atoms with Gasteiger partial charge in [0.2, 0.25) is 5.91 Å². The maximum absolute atomic E-state index is 11.7. The van der Waals surface area contributed by atoms with Crippen molar-refractivity contribution in [2.45, 2.75) is 26.3 Å². The molecule has 0 aromatic heterocycles. The summed E-state index contributed by atoms with van der Waals surface area (Å²) in [5.74, 6) is -0.287. The predicted octanol–water partition coefficient (Wildman–Crippen LogP) is 2.84. The van der Waals surface area contributed by atoms with Gasteiger partial charge in [-0.2, -0.15) is 0 Å². The number of benzene rings is 1. The van der Waals surface area contributed by atoms with Crippen molar-refractivity contribution in [2.24, 2.45) is 0 Å². The number of halogens is 1. The van der Waals surface area contributed by atoms with Crippen LogP contribution in [0.5, 0.6) is 0 Å². The van der Waals surface area contributed by atoms with Gasteiger partial charge in [-0.15, -0.1) is 0 Å². The molecule has 0 aliphatic rings. The molecule has 0 saturated heterocycles. The van der Waals surface area contributed by atoms with E-state index in [2.05, 4.69) is 0 Å². The minimum absolute atomic E-state index is 0.0472. The van der Waals surface area contributed by atoms with Crippen LogP contribution in [0.25, 0.3) is 0 Å². The smallest absolute Gasteiger partial charge is 0.230 e. The minimum atomic E-state index is -0.167. The van der Waals surface area contributed by atoms with Gasteiger partial charge in [0.15, 0.2) is 0 Å². The van der Waals surface area contributed by atoms with Crippen molar-refractivity contribution in [1.82, 2.24) is 4.90 Å². The van der Waals surface area contributed by atoms with Crippen LogP contribution in [0.2, 0.25) is 5.02 Å². The number of carbonyl (C=O) groups is 2. The molecule has 0 fully saturated rings. The summed E-state index contributed by atoms with van der Waals surface area (Å²) in [6, 6.07) is 7.27. The summed E-state index contributed by atoms with van der Waals surface area (Å²) in [7, 11) is 1.70. The summed E-state index contributed by atoms with van der Waals surface area (Å²) in [5, 5.41) is 0.665. The van der Waals surface area contributed by atoms with Gasteiger partial charge in [0.05, 0.1) is 12.5 Å². The van der Waals surface area contributed by atoms with Crippen LogP contribution < -0.4 is 0 Å². The number of rotatable bonds is 4. The average Bonchev–Trinajstić information content (AvgIpc) is 2.27. The SMILES string of the molecule is CC(=O)CC(=O)N(C)C(C)c1ccc(Cl)cc1. The summed E-state index contributed by atoms with van der Waals surface area (Å²) >= 11 is 5.80. The highest BCUT2D eigenvalue weighted by atomic mass is 35.5. The molecule has 0 radical (unpaired) electrons. The van der Waals surface area contributed by atoms with E-state index >= 15 is 0 Å². The zero-order chi connectivity index (χ0) is 13.0. The summed E-state index contributed by atoms with van der Waals surface area (Å²) in [5.41, 5.74) is 0.994. The van der Waals surface area contributed by atoms with Crippen LogP contribution in [0, 0.1) is 0 Å². The number of amides is 1. The van der Waals surface area contributed by atoms with Crippen molar-refractivity contribution >= 4 is 23.3 Å². The van der Waals surface area contributed by atoms with Crippen molar-refractivity contribution in [3.8, 4) is 0 Å². The van der Waals surface area contributed by atoms with Crippen molar-refractivity contribution in [3.05, 3.63) is 34.9 Å². The third kappa shape index (κ3) is 3.86. The highest BCUT2D eigenvalue weighted by Crippen LogP contribution is 2.21. The Kier molecular flexibility index (Phi) is 4.70. The molecular formula is C13H16ClNO2. The molecule has 1 unspecified atom stereocenters. The van der Waals surface area contributed by atoms with E-state index in [1.165, 1.54) is 6.92 Å². The number of nitrogens with zero attached hydrogens (tertiary/aromatic N) is 1. The van der Waals surface area contributed by atoms with Gasteiger partial charge in [-0.3, -0.25) is 9.59 Å². The molecule has 17 heavy (non-hydrogen) atoms. The van der Waals surface area contributed by atoms with Crippen LogP contribution in [0.15, 0.2) is 24.3 Å². The van der Waals surface area contributed by atoms with E-state index in [0.717, 1.165) is 5.56 Å². The molecule has 0 aliphatic heterocycles. The third-order valence-electron chi connectivity index (χ3n) is 2.73. The average molecular weight is 254 g/mol. The van der Waals surface area contributed by atoms with Crippen LogP contribution in [0.1, 0.15) is 31.9 Å². The molecule has 0 saturated carbocycles. The van der Waals surface area contributed by atoms with Gasteiger partial charge in [-0.05, 0) is 31.5 Å². The van der Waals surface area contributed by atoms with E-state index in [4.69, 9.17) is 11.6 Å². The monoisotopic (exact) mass is 253 g/mol. The van der Waals surface area contributed by atoms with Crippen LogP contribution >= 0.6 is 11.6 Å². The molecule has 0 heterocycles. The lowest BCUT2D eigenvalue weighted by molar-refractivity contribution is -0.135. The first-order valence-electron chi connectivity index (χ1n) is 5.42.